The molecule has 2 aromatic rings. The first-order valence-electron chi connectivity index (χ1n) is 12.2. The number of methoxy groups -OCH3 is 2. The smallest absolute Gasteiger partial charge is 0.226 e. The molecule has 1 aliphatic carbocycles. The maximum atomic E-state index is 13.8. The summed E-state index contributed by atoms with van der Waals surface area (Å²) in [4.78, 5) is 30.4. The van der Waals surface area contributed by atoms with Crippen LogP contribution < -0.4 is 0 Å². The summed E-state index contributed by atoms with van der Waals surface area (Å²) in [6, 6.07) is 19.7. The quantitative estimate of drug-likeness (QED) is 0.658. The Hall–Kier alpha value is -3.72. The highest BCUT2D eigenvalue weighted by Gasteiger charge is 2.75. The highest BCUT2D eigenvalue weighted by atomic mass is 16.5. The molecule has 0 aromatic heterocycles. The monoisotopic (exact) mass is 484 g/mol. The minimum atomic E-state index is -1.90. The summed E-state index contributed by atoms with van der Waals surface area (Å²) in [6.45, 7) is 3.44. The Morgan fingerprint density at radius 3 is 1.44 bits per heavy atom. The molecule has 2 heterocycles. The summed E-state index contributed by atoms with van der Waals surface area (Å²) < 4.78 is 12.1. The number of hydrogen-bond donors (Lipinski definition) is 0. The molecule has 6 atom stereocenters. The number of ether oxygens (including phenoxy) is 2. The van der Waals surface area contributed by atoms with E-state index in [9.17, 15) is 20.1 Å². The largest absolute Gasteiger partial charge is 0.361 e. The third kappa shape index (κ3) is 2.53. The molecular weight excluding hydrogens is 456 g/mol. The molecule has 0 N–H and O–H groups in total. The van der Waals surface area contributed by atoms with Crippen molar-refractivity contribution in [2.75, 3.05) is 14.2 Å². The second kappa shape index (κ2) is 8.44. The predicted octanol–water partition coefficient (Wildman–Crippen LogP) is 3.45. The summed E-state index contributed by atoms with van der Waals surface area (Å²) in [6.07, 6.45) is -1.51. The first kappa shape index (κ1) is 24.0. The highest BCUT2D eigenvalue weighted by Crippen LogP contribution is 2.65. The summed E-state index contributed by atoms with van der Waals surface area (Å²) in [5, 5.41) is 22.4. The maximum Gasteiger partial charge on any atom is 0.226 e. The molecule has 2 aliphatic heterocycles. The number of hydrogen-bond acceptors (Lipinski definition) is 6. The van der Waals surface area contributed by atoms with Gasteiger partial charge in [-0.25, -0.2) is 0 Å². The van der Waals surface area contributed by atoms with Gasteiger partial charge in [0.1, 0.15) is 24.6 Å². The summed E-state index contributed by atoms with van der Waals surface area (Å²) in [5.41, 5.74) is -1.09. The maximum absolute atomic E-state index is 13.8. The molecule has 0 radical (unpaired) electrons. The van der Waals surface area contributed by atoms with Gasteiger partial charge in [0.15, 0.2) is 11.1 Å². The van der Waals surface area contributed by atoms with Crippen molar-refractivity contribution in [3.63, 3.8) is 0 Å². The van der Waals surface area contributed by atoms with Gasteiger partial charge in [-0.1, -0.05) is 62.4 Å². The van der Waals surface area contributed by atoms with Gasteiger partial charge in [0.2, 0.25) is 11.8 Å². The van der Waals surface area contributed by atoms with Crippen LogP contribution in [0.5, 0.6) is 0 Å². The van der Waals surface area contributed by atoms with Crippen LogP contribution in [0.2, 0.25) is 0 Å². The van der Waals surface area contributed by atoms with Gasteiger partial charge in [0.05, 0.1) is 0 Å². The van der Waals surface area contributed by atoms with Crippen molar-refractivity contribution in [2.24, 2.45) is 0 Å². The van der Waals surface area contributed by atoms with Crippen LogP contribution in [-0.2, 0) is 30.1 Å². The zero-order chi connectivity index (χ0) is 25.8. The third-order valence-corrected chi connectivity index (χ3v) is 8.12. The van der Waals surface area contributed by atoms with Crippen molar-refractivity contribution in [1.82, 2.24) is 9.80 Å². The van der Waals surface area contributed by atoms with Gasteiger partial charge in [-0.05, 0) is 22.3 Å². The molecule has 0 spiro atoms. The van der Waals surface area contributed by atoms with Crippen LogP contribution in [0.4, 0.5) is 0 Å². The predicted molar refractivity (Wildman–Crippen MR) is 129 cm³/mol. The molecular formula is C28H28N4O4. The Labute approximate surface area is 210 Å². The number of rotatable bonds is 4. The Kier molecular flexibility index (Phi) is 5.63. The van der Waals surface area contributed by atoms with Crippen LogP contribution in [0.25, 0.3) is 0 Å². The fourth-order valence-electron chi connectivity index (χ4n) is 6.88. The molecule has 0 saturated heterocycles. The van der Waals surface area contributed by atoms with E-state index in [1.54, 1.807) is 38.1 Å². The van der Waals surface area contributed by atoms with Gasteiger partial charge in [0.25, 0.3) is 0 Å². The van der Waals surface area contributed by atoms with Crippen molar-refractivity contribution in [3.8, 4) is 12.1 Å². The zero-order valence-corrected chi connectivity index (χ0v) is 20.8. The lowest BCUT2D eigenvalue weighted by molar-refractivity contribution is -0.220. The summed E-state index contributed by atoms with van der Waals surface area (Å²) >= 11 is 0. The highest BCUT2D eigenvalue weighted by molar-refractivity contribution is 5.84. The molecule has 184 valence electrons. The van der Waals surface area contributed by atoms with E-state index in [2.05, 4.69) is 12.1 Å². The number of fused-ring (bicyclic) bond motifs is 2. The molecule has 0 fully saturated rings. The van der Waals surface area contributed by atoms with Gasteiger partial charge in [-0.15, -0.1) is 0 Å². The first-order valence-corrected chi connectivity index (χ1v) is 12.2. The molecule has 5 rings (SSSR count). The molecule has 8 heteroatoms. The number of amides is 2. The van der Waals surface area contributed by atoms with E-state index < -0.39 is 35.4 Å². The molecule has 2 aromatic carbocycles. The second-order valence-electron chi connectivity index (χ2n) is 9.36. The van der Waals surface area contributed by atoms with Gasteiger partial charge < -0.3 is 9.47 Å². The average molecular weight is 485 g/mol. The SMILES string of the molecule is CCC(=O)N1[C@@H](OC)[C@H]2c3ccccc3[C@]1(C#N)[C@@]1(C#N)c3ccccc3[C@@H]2[C@H](OC)N1C(=O)CC. The van der Waals surface area contributed by atoms with Gasteiger partial charge in [-0.2, -0.15) is 10.5 Å². The normalized spacial score (nSPS) is 31.5. The van der Waals surface area contributed by atoms with Crippen LogP contribution in [0, 0.1) is 22.7 Å². The number of nitriles is 2. The topological polar surface area (TPSA) is 107 Å². The van der Waals surface area contributed by atoms with Gasteiger partial charge in [-0.3, -0.25) is 19.4 Å². The summed E-state index contributed by atoms with van der Waals surface area (Å²) in [5.74, 6) is -1.59. The molecule has 4 bridgehead atoms. The van der Waals surface area contributed by atoms with Crippen molar-refractivity contribution in [3.05, 3.63) is 70.8 Å². The molecule has 0 unspecified atom stereocenters. The minimum absolute atomic E-state index is 0.0986. The number of carbonyl (C=O) groups is 2. The van der Waals surface area contributed by atoms with Crippen molar-refractivity contribution < 1.29 is 19.1 Å². The van der Waals surface area contributed by atoms with E-state index in [4.69, 9.17) is 9.47 Å². The fourth-order valence-corrected chi connectivity index (χ4v) is 6.88. The van der Waals surface area contributed by atoms with Gasteiger partial charge >= 0.3 is 0 Å². The molecule has 3 aliphatic rings. The lowest BCUT2D eigenvalue weighted by Crippen LogP contribution is -2.78. The van der Waals surface area contributed by atoms with Crippen molar-refractivity contribution in [2.45, 2.75) is 62.1 Å². The first-order chi connectivity index (χ1) is 17.4. The van der Waals surface area contributed by atoms with E-state index >= 15 is 0 Å². The number of carbonyl (C=O) groups excluding carboxylic acids is 2. The van der Waals surface area contributed by atoms with Crippen LogP contribution in [0.1, 0.15) is 60.8 Å². The lowest BCUT2D eigenvalue weighted by Gasteiger charge is -2.66. The lowest BCUT2D eigenvalue weighted by atomic mass is 9.53. The van der Waals surface area contributed by atoms with Gasteiger partial charge in [0, 0.05) is 38.9 Å². The van der Waals surface area contributed by atoms with E-state index in [-0.39, 0.29) is 24.7 Å². The molecule has 2 amide bonds. The second-order valence-corrected chi connectivity index (χ2v) is 9.36. The van der Waals surface area contributed by atoms with E-state index in [0.29, 0.717) is 11.1 Å². The van der Waals surface area contributed by atoms with Crippen LogP contribution >= 0.6 is 0 Å². The van der Waals surface area contributed by atoms with Crippen LogP contribution in [0.15, 0.2) is 48.5 Å². The van der Waals surface area contributed by atoms with Crippen LogP contribution in [0.3, 0.4) is 0 Å². The Morgan fingerprint density at radius 2 is 1.14 bits per heavy atom. The van der Waals surface area contributed by atoms with Crippen molar-refractivity contribution in [1.29, 1.82) is 10.5 Å². The van der Waals surface area contributed by atoms with E-state index in [1.807, 2.05) is 24.3 Å². The Bertz CT molecular complexity index is 1230. The number of benzene rings is 2. The summed E-state index contributed by atoms with van der Waals surface area (Å²) in [7, 11) is 3.03. The van der Waals surface area contributed by atoms with E-state index in [1.165, 1.54) is 24.0 Å². The number of nitrogens with zero attached hydrogens (tertiary/aromatic N) is 4. The fraction of sp³-hybridized carbons (Fsp3) is 0.429. The molecule has 0 saturated carbocycles. The van der Waals surface area contributed by atoms with Crippen molar-refractivity contribution >= 4 is 11.8 Å². The van der Waals surface area contributed by atoms with Crippen LogP contribution in [-0.4, -0.2) is 48.3 Å². The Balaban J connectivity index is 2.09. The van der Waals surface area contributed by atoms with E-state index in [0.717, 1.165) is 11.1 Å². The average Bonchev–Trinajstić information content (AvgIpc) is 2.92. The minimum Gasteiger partial charge on any atom is -0.361 e. The standard InChI is InChI=1S/C28H28N4O4/c1-5-21(33)31-25(35-3)23-17-11-7-9-13-19(17)27(31,15-29)28(16-30)20-14-10-8-12-18(20)24(23)26(36-4)32(28)22(34)6-2/h7-14,23-26H,5-6H2,1-4H3/t23-,24-,25-,26-,27+,28+/m0/s1. The zero-order valence-electron chi connectivity index (χ0n) is 20.8. The third-order valence-electron chi connectivity index (χ3n) is 8.12. The Morgan fingerprint density at radius 1 is 0.778 bits per heavy atom. The molecule has 36 heavy (non-hydrogen) atoms. The molecule has 8 nitrogen and oxygen atoms in total.